The van der Waals surface area contributed by atoms with Gasteiger partial charge in [0.2, 0.25) is 0 Å². The number of carbonyl (C=O) groups is 1. The lowest BCUT2D eigenvalue weighted by Crippen LogP contribution is -2.40. The van der Waals surface area contributed by atoms with Gasteiger partial charge in [-0.1, -0.05) is 12.1 Å². The minimum absolute atomic E-state index is 0.223. The highest BCUT2D eigenvalue weighted by Crippen LogP contribution is 2.21. The third-order valence-corrected chi connectivity index (χ3v) is 4.58. The Morgan fingerprint density at radius 1 is 1.14 bits per heavy atom. The molecule has 0 aliphatic heterocycles. The van der Waals surface area contributed by atoms with E-state index < -0.39 is 6.04 Å². The molecule has 5 nitrogen and oxygen atoms in total. The summed E-state index contributed by atoms with van der Waals surface area (Å²) >= 11 is 0. The fourth-order valence-electron chi connectivity index (χ4n) is 3.07. The summed E-state index contributed by atoms with van der Waals surface area (Å²) in [6.07, 6.45) is 0. The first-order valence-electron chi connectivity index (χ1n) is 9.14. The summed E-state index contributed by atoms with van der Waals surface area (Å²) in [5.41, 5.74) is 2.62. The Morgan fingerprint density at radius 2 is 1.86 bits per heavy atom. The number of aryl methyl sites for hydroxylation is 1. The van der Waals surface area contributed by atoms with Crippen LogP contribution in [-0.4, -0.2) is 22.2 Å². The van der Waals surface area contributed by atoms with Gasteiger partial charge in [-0.15, -0.1) is 0 Å². The molecule has 0 fully saturated rings. The number of nitrogens with zero attached hydrogens (tertiary/aromatic N) is 3. The number of aromatic nitrogens is 2. The summed E-state index contributed by atoms with van der Waals surface area (Å²) in [7, 11) is 0. The minimum Gasteiger partial charge on any atom is -0.311 e. The van der Waals surface area contributed by atoms with E-state index in [1.165, 1.54) is 22.9 Å². The first-order chi connectivity index (χ1) is 13.4. The quantitative estimate of drug-likeness (QED) is 0.674. The van der Waals surface area contributed by atoms with Gasteiger partial charge in [-0.2, -0.15) is 5.10 Å². The fraction of sp³-hybridized carbons (Fsp3) is 0.227. The summed E-state index contributed by atoms with van der Waals surface area (Å²) in [6.45, 7) is 5.98. The van der Waals surface area contributed by atoms with E-state index >= 15 is 0 Å². The van der Waals surface area contributed by atoms with Gasteiger partial charge in [-0.25, -0.2) is 9.07 Å². The molecule has 0 bridgehead atoms. The average Bonchev–Trinajstić information content (AvgIpc) is 2.69. The predicted molar refractivity (Wildman–Crippen MR) is 108 cm³/mol. The molecule has 0 spiro atoms. The number of hydrogen-bond acceptors (Lipinski definition) is 3. The number of amides is 1. The SMILES string of the molecule is CCN(C(=O)C(C)n1nc(-c2ccc(F)cc2)ccc1=O)c1cccc(C)c1. The van der Waals surface area contributed by atoms with Crippen molar-refractivity contribution >= 4 is 11.6 Å². The Labute approximate surface area is 163 Å². The van der Waals surface area contributed by atoms with Gasteiger partial charge in [-0.05, 0) is 68.8 Å². The van der Waals surface area contributed by atoms with Crippen LogP contribution in [0.15, 0.2) is 65.5 Å². The first-order valence-corrected chi connectivity index (χ1v) is 9.14. The highest BCUT2D eigenvalue weighted by molar-refractivity contribution is 5.95. The maximum atomic E-state index is 13.2. The van der Waals surface area contributed by atoms with Crippen LogP contribution in [0, 0.1) is 12.7 Å². The van der Waals surface area contributed by atoms with E-state index in [-0.39, 0.29) is 17.3 Å². The molecular formula is C22H22FN3O2. The van der Waals surface area contributed by atoms with Gasteiger partial charge in [0.05, 0.1) is 5.69 Å². The van der Waals surface area contributed by atoms with Gasteiger partial charge in [0.1, 0.15) is 11.9 Å². The molecule has 1 unspecified atom stereocenters. The van der Waals surface area contributed by atoms with Crippen LogP contribution >= 0.6 is 0 Å². The average molecular weight is 379 g/mol. The van der Waals surface area contributed by atoms with Crippen LogP contribution in [0.2, 0.25) is 0 Å². The van der Waals surface area contributed by atoms with Crippen molar-refractivity contribution < 1.29 is 9.18 Å². The Morgan fingerprint density at radius 3 is 2.50 bits per heavy atom. The topological polar surface area (TPSA) is 55.2 Å². The smallest absolute Gasteiger partial charge is 0.267 e. The van der Waals surface area contributed by atoms with Gasteiger partial charge < -0.3 is 4.90 Å². The molecule has 0 saturated carbocycles. The summed E-state index contributed by atoms with van der Waals surface area (Å²) in [5.74, 6) is -0.573. The van der Waals surface area contributed by atoms with E-state index in [9.17, 15) is 14.0 Å². The zero-order valence-electron chi connectivity index (χ0n) is 16.1. The lowest BCUT2D eigenvalue weighted by atomic mass is 10.1. The van der Waals surface area contributed by atoms with Crippen LogP contribution in [0.5, 0.6) is 0 Å². The maximum Gasteiger partial charge on any atom is 0.267 e. The van der Waals surface area contributed by atoms with Crippen molar-refractivity contribution in [3.8, 4) is 11.3 Å². The van der Waals surface area contributed by atoms with Gasteiger partial charge in [0.25, 0.3) is 11.5 Å². The third kappa shape index (κ3) is 4.01. The Hall–Kier alpha value is -3.28. The molecule has 0 aliphatic rings. The molecule has 2 aromatic carbocycles. The Balaban J connectivity index is 1.95. The van der Waals surface area contributed by atoms with Crippen molar-refractivity contribution in [3.05, 3.63) is 82.4 Å². The number of hydrogen-bond donors (Lipinski definition) is 0. The molecule has 1 amide bonds. The normalized spacial score (nSPS) is 11.9. The van der Waals surface area contributed by atoms with Crippen LogP contribution < -0.4 is 10.5 Å². The van der Waals surface area contributed by atoms with Crippen molar-refractivity contribution in [2.24, 2.45) is 0 Å². The van der Waals surface area contributed by atoms with E-state index in [1.807, 2.05) is 38.1 Å². The molecule has 6 heteroatoms. The fourth-order valence-corrected chi connectivity index (χ4v) is 3.07. The van der Waals surface area contributed by atoms with Gasteiger partial charge in [0, 0.05) is 23.9 Å². The second-order valence-electron chi connectivity index (χ2n) is 6.61. The van der Waals surface area contributed by atoms with Crippen molar-refractivity contribution in [3.63, 3.8) is 0 Å². The number of likely N-dealkylation sites (N-methyl/N-ethyl adjacent to an activating group) is 1. The summed E-state index contributed by atoms with van der Waals surface area (Å²) in [4.78, 5) is 27.1. The summed E-state index contributed by atoms with van der Waals surface area (Å²) in [5, 5.41) is 4.36. The Bertz CT molecular complexity index is 1040. The van der Waals surface area contributed by atoms with Crippen molar-refractivity contribution in [2.75, 3.05) is 11.4 Å². The summed E-state index contributed by atoms with van der Waals surface area (Å²) < 4.78 is 14.4. The summed E-state index contributed by atoms with van der Waals surface area (Å²) in [6, 6.07) is 15.6. The van der Waals surface area contributed by atoms with Crippen LogP contribution in [-0.2, 0) is 4.79 Å². The zero-order chi connectivity index (χ0) is 20.3. The highest BCUT2D eigenvalue weighted by atomic mass is 19.1. The lowest BCUT2D eigenvalue weighted by molar-refractivity contribution is -0.121. The van der Waals surface area contributed by atoms with Crippen LogP contribution in [0.4, 0.5) is 10.1 Å². The standard InChI is InChI=1S/C22H22FN3O2/c1-4-25(19-7-5-6-15(2)14-19)22(28)16(3)26-21(27)13-12-20(24-26)17-8-10-18(23)11-9-17/h5-14,16H,4H2,1-3H3. The number of halogens is 1. The largest absolute Gasteiger partial charge is 0.311 e. The maximum absolute atomic E-state index is 13.2. The van der Waals surface area contributed by atoms with Gasteiger partial charge >= 0.3 is 0 Å². The van der Waals surface area contributed by atoms with Crippen molar-refractivity contribution in [1.29, 1.82) is 0 Å². The second kappa shape index (κ2) is 8.17. The number of anilines is 1. The highest BCUT2D eigenvalue weighted by Gasteiger charge is 2.24. The molecule has 3 aromatic rings. The number of rotatable bonds is 5. The molecule has 0 saturated heterocycles. The van der Waals surface area contributed by atoms with E-state index in [4.69, 9.17) is 0 Å². The molecule has 144 valence electrons. The van der Waals surface area contributed by atoms with Gasteiger partial charge in [-0.3, -0.25) is 9.59 Å². The van der Waals surface area contributed by atoms with Crippen molar-refractivity contribution in [1.82, 2.24) is 9.78 Å². The number of benzene rings is 2. The molecule has 3 rings (SSSR count). The van der Waals surface area contributed by atoms with E-state index in [0.717, 1.165) is 11.3 Å². The predicted octanol–water partition coefficient (Wildman–Crippen LogP) is 3.97. The van der Waals surface area contributed by atoms with E-state index in [0.29, 0.717) is 17.8 Å². The molecule has 28 heavy (non-hydrogen) atoms. The molecule has 0 aliphatic carbocycles. The van der Waals surface area contributed by atoms with Crippen LogP contribution in [0.1, 0.15) is 25.5 Å². The lowest BCUT2D eigenvalue weighted by Gasteiger charge is -2.25. The molecule has 0 radical (unpaired) electrons. The van der Waals surface area contributed by atoms with Crippen LogP contribution in [0.25, 0.3) is 11.3 Å². The zero-order valence-corrected chi connectivity index (χ0v) is 16.1. The monoisotopic (exact) mass is 379 g/mol. The third-order valence-electron chi connectivity index (χ3n) is 4.58. The minimum atomic E-state index is -0.784. The molecular weight excluding hydrogens is 357 g/mol. The molecule has 0 N–H and O–H groups in total. The van der Waals surface area contributed by atoms with Crippen LogP contribution in [0.3, 0.4) is 0 Å². The Kier molecular flexibility index (Phi) is 5.68. The van der Waals surface area contributed by atoms with E-state index in [2.05, 4.69) is 5.10 Å². The van der Waals surface area contributed by atoms with Crippen molar-refractivity contribution in [2.45, 2.75) is 26.8 Å². The molecule has 1 aromatic heterocycles. The molecule has 1 atom stereocenters. The van der Waals surface area contributed by atoms with E-state index in [1.54, 1.807) is 30.0 Å². The second-order valence-corrected chi connectivity index (χ2v) is 6.61. The number of carbonyl (C=O) groups excluding carboxylic acids is 1. The van der Waals surface area contributed by atoms with Gasteiger partial charge in [0.15, 0.2) is 0 Å². The first kappa shape index (κ1) is 19.5. The molecule has 1 heterocycles.